The third kappa shape index (κ3) is 2.86. The van der Waals surface area contributed by atoms with Crippen LogP contribution >= 0.6 is 0 Å². The fraction of sp³-hybridized carbons (Fsp3) is 0.222. The van der Waals surface area contributed by atoms with Gasteiger partial charge in [0.1, 0.15) is 17.6 Å². The van der Waals surface area contributed by atoms with Crippen LogP contribution in [0, 0.1) is 0 Å². The number of hydrogen-bond acceptors (Lipinski definition) is 3. The maximum absolute atomic E-state index is 12.4. The van der Waals surface area contributed by atoms with Crippen LogP contribution in [0.3, 0.4) is 0 Å². The number of carbonyl (C=O) groups is 1. The second kappa shape index (κ2) is 6.43. The van der Waals surface area contributed by atoms with Gasteiger partial charge >= 0.3 is 0 Å². The first-order valence-electron chi connectivity index (χ1n) is 7.37. The van der Waals surface area contributed by atoms with Crippen molar-refractivity contribution in [3.8, 4) is 5.75 Å². The number of aryl methyl sites for hydroxylation is 1. The second-order valence-corrected chi connectivity index (χ2v) is 5.18. The Hall–Kier alpha value is -2.62. The van der Waals surface area contributed by atoms with Crippen molar-refractivity contribution in [2.24, 2.45) is 0 Å². The predicted molar refractivity (Wildman–Crippen MR) is 86.3 cm³/mol. The third-order valence-corrected chi connectivity index (χ3v) is 3.73. The first kappa shape index (κ1) is 14.3. The van der Waals surface area contributed by atoms with E-state index in [-0.39, 0.29) is 5.91 Å². The minimum atomic E-state index is 0.0617. The second-order valence-electron chi connectivity index (χ2n) is 5.18. The Bertz CT molecular complexity index is 778. The molecule has 4 nitrogen and oxygen atoms in total. The van der Waals surface area contributed by atoms with E-state index in [9.17, 15) is 4.79 Å². The molecule has 4 heteroatoms. The highest BCUT2D eigenvalue weighted by Gasteiger charge is 2.12. The van der Waals surface area contributed by atoms with Gasteiger partial charge in [-0.25, -0.2) is 4.98 Å². The lowest BCUT2D eigenvalue weighted by Gasteiger charge is -2.05. The monoisotopic (exact) mass is 294 g/mol. The van der Waals surface area contributed by atoms with E-state index in [1.54, 1.807) is 18.0 Å². The average molecular weight is 294 g/mol. The standard InChI is InChI=1S/C18H18N2O2/c1-22-16-11-6-10-15-18(16)19-13-20(15)17(21)12-5-9-14-7-3-2-4-8-14/h2-4,6-8,10-11,13H,5,9,12H2,1H3. The molecule has 0 saturated carbocycles. The van der Waals surface area contributed by atoms with E-state index >= 15 is 0 Å². The Balaban J connectivity index is 1.70. The molecule has 0 atom stereocenters. The highest BCUT2D eigenvalue weighted by molar-refractivity contribution is 5.92. The van der Waals surface area contributed by atoms with Gasteiger partial charge in [-0.05, 0) is 30.5 Å². The van der Waals surface area contributed by atoms with Crippen LogP contribution in [0.4, 0.5) is 0 Å². The van der Waals surface area contributed by atoms with Crippen molar-refractivity contribution in [2.45, 2.75) is 19.3 Å². The molecule has 3 rings (SSSR count). The highest BCUT2D eigenvalue weighted by atomic mass is 16.5. The molecule has 0 spiro atoms. The lowest BCUT2D eigenvalue weighted by atomic mass is 10.1. The maximum Gasteiger partial charge on any atom is 0.232 e. The summed E-state index contributed by atoms with van der Waals surface area (Å²) in [5.74, 6) is 0.750. The van der Waals surface area contributed by atoms with E-state index in [2.05, 4.69) is 17.1 Å². The van der Waals surface area contributed by atoms with E-state index in [0.29, 0.717) is 12.2 Å². The Morgan fingerprint density at radius 1 is 1.14 bits per heavy atom. The highest BCUT2D eigenvalue weighted by Crippen LogP contribution is 2.24. The number of benzene rings is 2. The zero-order valence-electron chi connectivity index (χ0n) is 12.5. The fourth-order valence-electron chi connectivity index (χ4n) is 2.58. The smallest absolute Gasteiger partial charge is 0.232 e. The lowest BCUT2D eigenvalue weighted by Crippen LogP contribution is -2.09. The summed E-state index contributed by atoms with van der Waals surface area (Å²) in [4.78, 5) is 16.7. The molecule has 1 heterocycles. The number of hydrogen-bond donors (Lipinski definition) is 0. The molecule has 0 aliphatic carbocycles. The van der Waals surface area contributed by atoms with Crippen molar-refractivity contribution in [2.75, 3.05) is 7.11 Å². The third-order valence-electron chi connectivity index (χ3n) is 3.73. The number of para-hydroxylation sites is 1. The largest absolute Gasteiger partial charge is 0.494 e. The molecule has 3 aromatic rings. The van der Waals surface area contributed by atoms with Crippen LogP contribution < -0.4 is 4.74 Å². The number of methoxy groups -OCH3 is 1. The molecule has 0 saturated heterocycles. The Morgan fingerprint density at radius 3 is 2.73 bits per heavy atom. The zero-order chi connectivity index (χ0) is 15.4. The fourth-order valence-corrected chi connectivity index (χ4v) is 2.58. The molecule has 1 aromatic heterocycles. The average Bonchev–Trinajstić information content (AvgIpc) is 3.00. The number of imidazole rings is 1. The first-order chi connectivity index (χ1) is 10.8. The van der Waals surface area contributed by atoms with Crippen molar-refractivity contribution < 1.29 is 9.53 Å². The van der Waals surface area contributed by atoms with Crippen molar-refractivity contribution in [3.63, 3.8) is 0 Å². The number of fused-ring (bicyclic) bond motifs is 1. The van der Waals surface area contributed by atoms with E-state index < -0.39 is 0 Å². The Kier molecular flexibility index (Phi) is 4.19. The van der Waals surface area contributed by atoms with Crippen molar-refractivity contribution in [3.05, 3.63) is 60.4 Å². The van der Waals surface area contributed by atoms with Crippen LogP contribution in [0.15, 0.2) is 54.9 Å². The number of carbonyl (C=O) groups excluding carboxylic acids is 1. The van der Waals surface area contributed by atoms with Crippen LogP contribution in [0.1, 0.15) is 23.2 Å². The molecule has 0 aliphatic heterocycles. The minimum Gasteiger partial charge on any atom is -0.494 e. The number of ether oxygens (including phenoxy) is 1. The summed E-state index contributed by atoms with van der Waals surface area (Å²) in [5.41, 5.74) is 2.78. The van der Waals surface area contributed by atoms with Gasteiger partial charge in [-0.3, -0.25) is 9.36 Å². The first-order valence-corrected chi connectivity index (χ1v) is 7.37. The van der Waals surface area contributed by atoms with Crippen LogP contribution in [-0.2, 0) is 6.42 Å². The SMILES string of the molecule is COc1cccc2c1ncn2C(=O)CCCc1ccccc1. The molecule has 0 unspecified atom stereocenters. The maximum atomic E-state index is 12.4. The van der Waals surface area contributed by atoms with E-state index in [0.717, 1.165) is 23.9 Å². The van der Waals surface area contributed by atoms with Crippen LogP contribution in [-0.4, -0.2) is 22.6 Å². The summed E-state index contributed by atoms with van der Waals surface area (Å²) in [7, 11) is 1.61. The van der Waals surface area contributed by atoms with E-state index in [1.807, 2.05) is 36.4 Å². The molecule has 112 valence electrons. The Labute approximate surface area is 129 Å². The molecule has 0 bridgehead atoms. The molecular weight excluding hydrogens is 276 g/mol. The summed E-state index contributed by atoms with van der Waals surface area (Å²) < 4.78 is 6.89. The van der Waals surface area contributed by atoms with E-state index in [4.69, 9.17) is 4.74 Å². The molecule has 0 amide bonds. The number of rotatable bonds is 5. The normalized spacial score (nSPS) is 10.8. The van der Waals surface area contributed by atoms with Gasteiger partial charge in [0.05, 0.1) is 12.6 Å². The van der Waals surface area contributed by atoms with Crippen molar-refractivity contribution in [1.82, 2.24) is 9.55 Å². The summed E-state index contributed by atoms with van der Waals surface area (Å²) in [6.07, 6.45) is 3.81. The topological polar surface area (TPSA) is 44.1 Å². The van der Waals surface area contributed by atoms with Gasteiger partial charge in [0.15, 0.2) is 0 Å². The minimum absolute atomic E-state index is 0.0617. The van der Waals surface area contributed by atoms with Gasteiger partial charge in [0.2, 0.25) is 5.91 Å². The Morgan fingerprint density at radius 2 is 1.95 bits per heavy atom. The van der Waals surface area contributed by atoms with Crippen LogP contribution in [0.5, 0.6) is 5.75 Å². The predicted octanol–water partition coefficient (Wildman–Crippen LogP) is 3.71. The molecule has 0 radical (unpaired) electrons. The summed E-state index contributed by atoms with van der Waals surface area (Å²) in [6.45, 7) is 0. The van der Waals surface area contributed by atoms with Crippen molar-refractivity contribution in [1.29, 1.82) is 0 Å². The number of nitrogens with zero attached hydrogens (tertiary/aromatic N) is 2. The van der Waals surface area contributed by atoms with Gasteiger partial charge in [-0.1, -0.05) is 36.4 Å². The van der Waals surface area contributed by atoms with Gasteiger partial charge in [-0.15, -0.1) is 0 Å². The van der Waals surface area contributed by atoms with E-state index in [1.165, 1.54) is 5.56 Å². The summed E-state index contributed by atoms with van der Waals surface area (Å²) >= 11 is 0. The van der Waals surface area contributed by atoms with Crippen LogP contribution in [0.2, 0.25) is 0 Å². The quantitative estimate of drug-likeness (QED) is 0.720. The molecule has 0 fully saturated rings. The van der Waals surface area contributed by atoms with Gasteiger partial charge in [-0.2, -0.15) is 0 Å². The van der Waals surface area contributed by atoms with Gasteiger partial charge in [0, 0.05) is 6.42 Å². The molecule has 2 aromatic carbocycles. The summed E-state index contributed by atoms with van der Waals surface area (Å²) in [6, 6.07) is 15.8. The van der Waals surface area contributed by atoms with Crippen LogP contribution in [0.25, 0.3) is 11.0 Å². The molecule has 0 aliphatic rings. The number of aromatic nitrogens is 2. The zero-order valence-corrected chi connectivity index (χ0v) is 12.5. The lowest BCUT2D eigenvalue weighted by molar-refractivity contribution is 0.0905. The molecule has 22 heavy (non-hydrogen) atoms. The summed E-state index contributed by atoms with van der Waals surface area (Å²) in [5, 5.41) is 0. The van der Waals surface area contributed by atoms with Gasteiger partial charge in [0.25, 0.3) is 0 Å². The van der Waals surface area contributed by atoms with Gasteiger partial charge < -0.3 is 4.74 Å². The molecular formula is C18H18N2O2. The van der Waals surface area contributed by atoms with Crippen molar-refractivity contribution >= 4 is 16.9 Å². The molecule has 0 N–H and O–H groups in total.